The van der Waals surface area contributed by atoms with Crippen LogP contribution < -0.4 is 5.32 Å². The van der Waals surface area contributed by atoms with Gasteiger partial charge in [-0.05, 0) is 55.4 Å². The van der Waals surface area contributed by atoms with Crippen molar-refractivity contribution in [3.63, 3.8) is 0 Å². The van der Waals surface area contributed by atoms with E-state index in [4.69, 9.17) is 0 Å². The first-order valence-corrected chi connectivity index (χ1v) is 7.50. The van der Waals surface area contributed by atoms with Gasteiger partial charge >= 0.3 is 0 Å². The fourth-order valence-corrected chi connectivity index (χ4v) is 3.03. The lowest BCUT2D eigenvalue weighted by Gasteiger charge is -2.20. The second-order valence-corrected chi connectivity index (χ2v) is 6.22. The van der Waals surface area contributed by atoms with Crippen LogP contribution in [-0.4, -0.2) is 7.05 Å². The molecular weight excluding hydrogens is 373 g/mol. The molecule has 4 heteroatoms. The molecule has 0 heterocycles. The molecule has 0 aromatic heterocycles. The lowest BCUT2D eigenvalue weighted by atomic mass is 9.95. The van der Waals surface area contributed by atoms with Gasteiger partial charge in [0.15, 0.2) is 0 Å². The first-order valence-electron chi connectivity index (χ1n) is 5.91. The molecule has 0 spiro atoms. The van der Waals surface area contributed by atoms with Gasteiger partial charge in [-0.1, -0.05) is 37.9 Å². The minimum atomic E-state index is -0.204. The zero-order chi connectivity index (χ0) is 14.0. The molecule has 100 valence electrons. The van der Waals surface area contributed by atoms with Crippen LogP contribution in [0.1, 0.15) is 22.7 Å². The van der Waals surface area contributed by atoms with Crippen LogP contribution in [0.25, 0.3) is 0 Å². The Bertz CT molecular complexity index is 599. The smallest absolute Gasteiger partial charge is 0.128 e. The first-order chi connectivity index (χ1) is 9.02. The monoisotopic (exact) mass is 385 g/mol. The van der Waals surface area contributed by atoms with Gasteiger partial charge in [-0.15, -0.1) is 0 Å². The third-order valence-corrected chi connectivity index (χ3v) is 4.09. The van der Waals surface area contributed by atoms with Gasteiger partial charge < -0.3 is 5.32 Å². The van der Waals surface area contributed by atoms with Crippen molar-refractivity contribution < 1.29 is 4.39 Å². The average molecular weight is 387 g/mol. The van der Waals surface area contributed by atoms with Crippen LogP contribution in [0.3, 0.4) is 0 Å². The van der Waals surface area contributed by atoms with Gasteiger partial charge in [0.2, 0.25) is 0 Å². The number of rotatable bonds is 3. The van der Waals surface area contributed by atoms with Gasteiger partial charge in [0.25, 0.3) is 0 Å². The Labute approximate surface area is 129 Å². The van der Waals surface area contributed by atoms with Crippen molar-refractivity contribution in [3.8, 4) is 0 Å². The van der Waals surface area contributed by atoms with Crippen LogP contribution in [0.15, 0.2) is 45.3 Å². The third-order valence-electron chi connectivity index (χ3n) is 3.10. The van der Waals surface area contributed by atoms with Crippen LogP contribution >= 0.6 is 31.9 Å². The minimum absolute atomic E-state index is 0.161. The summed E-state index contributed by atoms with van der Waals surface area (Å²) in [4.78, 5) is 0. The molecule has 1 unspecified atom stereocenters. The molecule has 0 aliphatic carbocycles. The normalized spacial score (nSPS) is 12.5. The summed E-state index contributed by atoms with van der Waals surface area (Å²) in [5, 5.41) is 3.19. The van der Waals surface area contributed by atoms with Crippen molar-refractivity contribution in [2.24, 2.45) is 0 Å². The fourth-order valence-electron chi connectivity index (χ4n) is 2.18. The largest absolute Gasteiger partial charge is 0.309 e. The van der Waals surface area contributed by atoms with E-state index in [0.717, 1.165) is 20.1 Å². The summed E-state index contributed by atoms with van der Waals surface area (Å²) < 4.78 is 15.9. The Morgan fingerprint density at radius 1 is 1.00 bits per heavy atom. The number of aryl methyl sites for hydroxylation is 1. The lowest BCUT2D eigenvalue weighted by Crippen LogP contribution is -2.20. The van der Waals surface area contributed by atoms with Crippen molar-refractivity contribution in [1.82, 2.24) is 5.32 Å². The van der Waals surface area contributed by atoms with Gasteiger partial charge in [-0.25, -0.2) is 4.39 Å². The molecule has 0 saturated heterocycles. The summed E-state index contributed by atoms with van der Waals surface area (Å²) in [6, 6.07) is 10.9. The van der Waals surface area contributed by atoms with Crippen LogP contribution in [0.4, 0.5) is 4.39 Å². The van der Waals surface area contributed by atoms with E-state index in [0.29, 0.717) is 5.56 Å². The molecule has 0 saturated carbocycles. The second-order valence-electron chi connectivity index (χ2n) is 4.39. The van der Waals surface area contributed by atoms with Crippen molar-refractivity contribution in [2.75, 3.05) is 7.05 Å². The summed E-state index contributed by atoms with van der Waals surface area (Å²) in [6.07, 6.45) is 0. The SMILES string of the molecule is CNC(c1ccc(Br)cc1C)c1cc(Br)ccc1F. The van der Waals surface area contributed by atoms with Crippen LogP contribution in [-0.2, 0) is 0 Å². The summed E-state index contributed by atoms with van der Waals surface area (Å²) in [7, 11) is 1.84. The molecule has 0 fully saturated rings. The topological polar surface area (TPSA) is 12.0 Å². The number of benzene rings is 2. The summed E-state index contributed by atoms with van der Waals surface area (Å²) in [6.45, 7) is 2.03. The first kappa shape index (κ1) is 14.7. The Hall–Kier alpha value is -0.710. The maximum Gasteiger partial charge on any atom is 0.128 e. The molecule has 1 nitrogen and oxygen atoms in total. The molecular formula is C15H14Br2FN. The summed E-state index contributed by atoms with van der Waals surface area (Å²) >= 11 is 6.84. The molecule has 0 aliphatic rings. The molecule has 0 aliphatic heterocycles. The lowest BCUT2D eigenvalue weighted by molar-refractivity contribution is 0.574. The molecule has 0 radical (unpaired) electrons. The number of hydrogen-bond acceptors (Lipinski definition) is 1. The molecule has 0 bridgehead atoms. The molecule has 1 N–H and O–H groups in total. The Morgan fingerprint density at radius 3 is 2.26 bits per heavy atom. The second kappa shape index (κ2) is 6.16. The van der Waals surface area contributed by atoms with E-state index in [2.05, 4.69) is 37.2 Å². The van der Waals surface area contributed by atoms with E-state index in [1.54, 1.807) is 6.07 Å². The molecule has 19 heavy (non-hydrogen) atoms. The van der Waals surface area contributed by atoms with E-state index in [9.17, 15) is 4.39 Å². The zero-order valence-corrected chi connectivity index (χ0v) is 13.8. The Balaban J connectivity index is 2.52. The van der Waals surface area contributed by atoms with E-state index < -0.39 is 0 Å². The maximum absolute atomic E-state index is 14.0. The number of nitrogens with one attached hydrogen (secondary N) is 1. The molecule has 1 atom stereocenters. The highest BCUT2D eigenvalue weighted by Gasteiger charge is 2.18. The van der Waals surface area contributed by atoms with Crippen molar-refractivity contribution in [1.29, 1.82) is 0 Å². The average Bonchev–Trinajstić information content (AvgIpc) is 2.36. The third kappa shape index (κ3) is 3.25. The Morgan fingerprint density at radius 2 is 1.63 bits per heavy atom. The Kier molecular flexibility index (Phi) is 4.76. The van der Waals surface area contributed by atoms with Gasteiger partial charge in [-0.3, -0.25) is 0 Å². The molecule has 2 aromatic carbocycles. The molecule has 2 aromatic rings. The summed E-state index contributed by atoms with van der Waals surface area (Å²) in [5.41, 5.74) is 2.83. The van der Waals surface area contributed by atoms with Crippen LogP contribution in [0.2, 0.25) is 0 Å². The number of hydrogen-bond donors (Lipinski definition) is 1. The van der Waals surface area contributed by atoms with Gasteiger partial charge in [0, 0.05) is 14.5 Å². The van der Waals surface area contributed by atoms with Gasteiger partial charge in [0.1, 0.15) is 5.82 Å². The standard InChI is InChI=1S/C15H14Br2FN/c1-9-7-10(16)3-5-12(9)15(19-2)13-8-11(17)4-6-14(13)18/h3-8,15,19H,1-2H3. The van der Waals surface area contributed by atoms with Crippen molar-refractivity contribution in [3.05, 3.63) is 67.9 Å². The van der Waals surface area contributed by atoms with Crippen molar-refractivity contribution in [2.45, 2.75) is 13.0 Å². The van der Waals surface area contributed by atoms with E-state index >= 15 is 0 Å². The zero-order valence-electron chi connectivity index (χ0n) is 10.7. The summed E-state index contributed by atoms with van der Waals surface area (Å²) in [5.74, 6) is -0.204. The molecule has 2 rings (SSSR count). The molecule has 0 amide bonds. The fraction of sp³-hybridized carbons (Fsp3) is 0.200. The predicted octanol–water partition coefficient (Wildman–Crippen LogP) is 4.97. The minimum Gasteiger partial charge on any atom is -0.309 e. The van der Waals surface area contributed by atoms with Gasteiger partial charge in [-0.2, -0.15) is 0 Å². The maximum atomic E-state index is 14.0. The number of halogens is 3. The van der Waals surface area contributed by atoms with Crippen LogP contribution in [0.5, 0.6) is 0 Å². The highest BCUT2D eigenvalue weighted by Crippen LogP contribution is 2.30. The van der Waals surface area contributed by atoms with E-state index in [1.165, 1.54) is 6.07 Å². The highest BCUT2D eigenvalue weighted by atomic mass is 79.9. The quantitative estimate of drug-likeness (QED) is 0.785. The highest BCUT2D eigenvalue weighted by molar-refractivity contribution is 9.10. The van der Waals surface area contributed by atoms with E-state index in [-0.39, 0.29) is 11.9 Å². The van der Waals surface area contributed by atoms with E-state index in [1.807, 2.05) is 38.2 Å². The van der Waals surface area contributed by atoms with Crippen molar-refractivity contribution >= 4 is 31.9 Å². The van der Waals surface area contributed by atoms with Crippen LogP contribution in [0, 0.1) is 12.7 Å². The van der Waals surface area contributed by atoms with Gasteiger partial charge in [0.05, 0.1) is 6.04 Å². The predicted molar refractivity (Wildman–Crippen MR) is 83.9 cm³/mol.